The van der Waals surface area contributed by atoms with Crippen molar-refractivity contribution in [2.45, 2.75) is 13.8 Å². The van der Waals surface area contributed by atoms with Crippen molar-refractivity contribution in [3.05, 3.63) is 59.7 Å². The van der Waals surface area contributed by atoms with Crippen LogP contribution in [0.1, 0.15) is 11.1 Å². The van der Waals surface area contributed by atoms with Gasteiger partial charge in [-0.3, -0.25) is 0 Å². The van der Waals surface area contributed by atoms with Crippen molar-refractivity contribution in [3.8, 4) is 0 Å². The van der Waals surface area contributed by atoms with Crippen LogP contribution in [0.4, 0.5) is 0 Å². The van der Waals surface area contributed by atoms with Crippen LogP contribution in [-0.2, 0) is 0 Å². The topological polar surface area (TPSA) is 0 Å². The van der Waals surface area contributed by atoms with E-state index < -0.39 is 0 Å². The van der Waals surface area contributed by atoms with Gasteiger partial charge >= 0.3 is 105 Å². The van der Waals surface area contributed by atoms with E-state index in [9.17, 15) is 0 Å². The Morgan fingerprint density at radius 3 is 1.50 bits per heavy atom. The van der Waals surface area contributed by atoms with Crippen molar-refractivity contribution in [2.24, 2.45) is 0 Å². The number of hydrogen-bond donors (Lipinski definition) is 0. The molecule has 2 heteroatoms. The Morgan fingerprint density at radius 2 is 1.12 bits per heavy atom. The Hall–Kier alpha value is -0.741. The van der Waals surface area contributed by atoms with Crippen LogP contribution >= 0.6 is 6.17 Å². The normalized spacial score (nSPS) is 10.1. The fourth-order valence-corrected chi connectivity index (χ4v) is 5.78. The summed E-state index contributed by atoms with van der Waals surface area (Å²) >= 11 is 3.36. The van der Waals surface area contributed by atoms with Gasteiger partial charge in [0.05, 0.1) is 0 Å². The molecule has 0 amide bonds. The van der Waals surface area contributed by atoms with Crippen molar-refractivity contribution < 1.29 is 0 Å². The zero-order valence-corrected chi connectivity index (χ0v) is 12.1. The second kappa shape index (κ2) is 5.06. The molecule has 16 heavy (non-hydrogen) atoms. The van der Waals surface area contributed by atoms with Gasteiger partial charge in [0.1, 0.15) is 0 Å². The van der Waals surface area contributed by atoms with Gasteiger partial charge in [0.15, 0.2) is 0 Å². The third-order valence-electron chi connectivity index (χ3n) is 2.67. The maximum absolute atomic E-state index is 3.36. The minimum absolute atomic E-state index is 0.337. The molecule has 0 fully saturated rings. The molecule has 0 saturated carbocycles. The molecule has 0 heterocycles. The first-order chi connectivity index (χ1) is 7.70. The van der Waals surface area contributed by atoms with Crippen LogP contribution < -0.4 is 10.6 Å². The van der Waals surface area contributed by atoms with Crippen LogP contribution in [0, 0.1) is 13.8 Å². The van der Waals surface area contributed by atoms with Gasteiger partial charge in [-0.05, 0) is 0 Å². The zero-order valence-electron chi connectivity index (χ0n) is 9.47. The molecule has 0 aromatic heterocycles. The molecule has 0 aliphatic carbocycles. The second-order valence-corrected chi connectivity index (χ2v) is 7.72. The van der Waals surface area contributed by atoms with E-state index in [2.05, 4.69) is 77.5 Å². The van der Waals surface area contributed by atoms with Gasteiger partial charge in [-0.15, -0.1) is 0 Å². The molecule has 2 rings (SSSR count). The first-order valence-electron chi connectivity index (χ1n) is 5.28. The van der Waals surface area contributed by atoms with Gasteiger partial charge in [-0.1, -0.05) is 0 Å². The monoisotopic (exact) mass is 293 g/mol. The Labute approximate surface area is 105 Å². The van der Waals surface area contributed by atoms with E-state index >= 15 is 0 Å². The Bertz CT molecular complexity index is 484. The maximum atomic E-state index is 3.36. The van der Waals surface area contributed by atoms with Crippen molar-refractivity contribution in [1.29, 1.82) is 0 Å². The average Bonchev–Trinajstić information content (AvgIpc) is 2.29. The third kappa shape index (κ3) is 2.33. The van der Waals surface area contributed by atoms with Crippen molar-refractivity contribution in [2.75, 3.05) is 0 Å². The average molecular weight is 292 g/mol. The zero-order chi connectivity index (χ0) is 11.5. The Balaban J connectivity index is 2.48. The van der Waals surface area contributed by atoms with Gasteiger partial charge in [0.25, 0.3) is 0 Å². The summed E-state index contributed by atoms with van der Waals surface area (Å²) in [6, 6.07) is 17.2. The molecular weight excluding hydrogens is 278 g/mol. The molecule has 0 aliphatic heterocycles. The van der Waals surface area contributed by atoms with Crippen LogP contribution in [0.15, 0.2) is 48.5 Å². The summed E-state index contributed by atoms with van der Waals surface area (Å²) in [6.45, 7) is 4.36. The van der Waals surface area contributed by atoms with E-state index in [1.165, 1.54) is 21.7 Å². The van der Waals surface area contributed by atoms with Gasteiger partial charge in [0.2, 0.25) is 0 Å². The van der Waals surface area contributed by atoms with Crippen LogP contribution in [-0.4, -0.2) is 15.1 Å². The van der Waals surface area contributed by atoms with Crippen molar-refractivity contribution >= 4 is 31.9 Å². The predicted octanol–water partition coefficient (Wildman–Crippen LogP) is 2.82. The quantitative estimate of drug-likeness (QED) is 0.590. The van der Waals surface area contributed by atoms with Gasteiger partial charge < -0.3 is 0 Å². The summed E-state index contributed by atoms with van der Waals surface area (Å²) in [4.78, 5) is 0. The molecule has 0 spiro atoms. The van der Waals surface area contributed by atoms with Crippen LogP contribution in [0.3, 0.4) is 0 Å². The Kier molecular flexibility index (Phi) is 3.71. The number of hydrogen-bond acceptors (Lipinski definition) is 0. The molecule has 0 bridgehead atoms. The molecule has 0 saturated heterocycles. The van der Waals surface area contributed by atoms with Crippen LogP contribution in [0.25, 0.3) is 0 Å². The molecule has 1 radical (unpaired) electrons. The molecule has 0 unspecified atom stereocenters. The van der Waals surface area contributed by atoms with Crippen molar-refractivity contribution in [3.63, 3.8) is 0 Å². The molecule has 2 aromatic carbocycles. The standard InChI is InChI=1S/C14H14PSe/c1-11-7-3-5-9-13(11)15(16)14-10-6-4-8-12(14)2/h3-10H,1-2H3. The van der Waals surface area contributed by atoms with Crippen molar-refractivity contribution in [1.82, 2.24) is 0 Å². The van der Waals surface area contributed by atoms with E-state index in [1.54, 1.807) is 0 Å². The molecule has 0 atom stereocenters. The summed E-state index contributed by atoms with van der Waals surface area (Å²) in [5.41, 5.74) is 2.74. The number of aryl methyl sites for hydroxylation is 2. The van der Waals surface area contributed by atoms with Crippen LogP contribution in [0.2, 0.25) is 0 Å². The van der Waals surface area contributed by atoms with E-state index in [4.69, 9.17) is 0 Å². The van der Waals surface area contributed by atoms with Gasteiger partial charge in [-0.2, -0.15) is 0 Å². The van der Waals surface area contributed by atoms with E-state index in [1.807, 2.05) is 0 Å². The van der Waals surface area contributed by atoms with E-state index in [0.29, 0.717) is 0 Å². The molecule has 81 valence electrons. The van der Waals surface area contributed by atoms with Crippen LogP contribution in [0.5, 0.6) is 0 Å². The summed E-state index contributed by atoms with van der Waals surface area (Å²) in [7, 11) is 0. The van der Waals surface area contributed by atoms with Gasteiger partial charge in [0, 0.05) is 0 Å². The fourth-order valence-electron chi connectivity index (χ4n) is 1.71. The first-order valence-corrected chi connectivity index (χ1v) is 8.84. The summed E-state index contributed by atoms with van der Waals surface area (Å²) in [5.74, 6) is 0. The fraction of sp³-hybridized carbons (Fsp3) is 0.143. The molecule has 0 N–H and O–H groups in total. The Morgan fingerprint density at radius 1 is 0.750 bits per heavy atom. The summed E-state index contributed by atoms with van der Waals surface area (Å²) in [6.07, 6.45) is -0.337. The van der Waals surface area contributed by atoms with E-state index in [-0.39, 0.29) is 6.17 Å². The third-order valence-corrected chi connectivity index (χ3v) is 7.02. The SMILES string of the molecule is Cc1ccccc1[P](=[Se])c1ccccc1C. The first kappa shape index (κ1) is 11.7. The molecule has 0 nitrogen and oxygen atoms in total. The molecular formula is C14H14PSe. The summed E-state index contributed by atoms with van der Waals surface area (Å²) < 4.78 is 0. The van der Waals surface area contributed by atoms with E-state index in [0.717, 1.165) is 0 Å². The minimum atomic E-state index is -0.337. The van der Waals surface area contributed by atoms with Gasteiger partial charge in [-0.25, -0.2) is 0 Å². The molecule has 2 aromatic rings. The number of benzene rings is 2. The molecule has 0 aliphatic rings. The predicted molar refractivity (Wildman–Crippen MR) is 74.3 cm³/mol. The number of rotatable bonds is 2. The summed E-state index contributed by atoms with van der Waals surface area (Å²) in [5, 5.41) is 2.87. The second-order valence-electron chi connectivity index (χ2n) is 3.87.